The molecule has 0 aliphatic carbocycles. The number of benzene rings is 8. The van der Waals surface area contributed by atoms with Crippen molar-refractivity contribution in [1.29, 1.82) is 0 Å². The predicted octanol–water partition coefficient (Wildman–Crippen LogP) is 12.0. The Morgan fingerprint density at radius 1 is 0.347 bits per heavy atom. The molecule has 3 heteroatoms. The molecule has 0 saturated heterocycles. The Bertz CT molecular complexity index is 2810. The molecule has 0 atom stereocenters. The van der Waals surface area contributed by atoms with Crippen LogP contribution in [0.2, 0.25) is 0 Å². The highest BCUT2D eigenvalue weighted by molar-refractivity contribution is 6.10. The highest BCUT2D eigenvalue weighted by Gasteiger charge is 2.15. The summed E-state index contributed by atoms with van der Waals surface area (Å²) >= 11 is 0. The van der Waals surface area contributed by atoms with Crippen molar-refractivity contribution in [1.82, 2.24) is 14.5 Å². The highest BCUT2D eigenvalue weighted by Crippen LogP contribution is 2.36. The van der Waals surface area contributed by atoms with Gasteiger partial charge in [-0.1, -0.05) is 133 Å². The van der Waals surface area contributed by atoms with Crippen LogP contribution in [0.15, 0.2) is 176 Å². The van der Waals surface area contributed by atoms with Gasteiger partial charge < -0.3 is 4.57 Å². The molecule has 228 valence electrons. The van der Waals surface area contributed by atoms with Crippen LogP contribution >= 0.6 is 0 Å². The van der Waals surface area contributed by atoms with Gasteiger partial charge in [-0.2, -0.15) is 0 Å². The Hall–Kier alpha value is -6.58. The van der Waals surface area contributed by atoms with Crippen molar-refractivity contribution in [3.05, 3.63) is 176 Å². The van der Waals surface area contributed by atoms with Crippen LogP contribution in [0.4, 0.5) is 0 Å². The molecule has 0 spiro atoms. The SMILES string of the molecule is c1ccc(-c2nc(-c3ccc4cc(-c5ccc(-n6c7ccccc7c7ccccc76)cc5)ccc4c3)nc3c2ccc2ccccc23)cc1. The largest absolute Gasteiger partial charge is 0.309 e. The molecule has 2 heterocycles. The van der Waals surface area contributed by atoms with Gasteiger partial charge in [0, 0.05) is 38.4 Å². The summed E-state index contributed by atoms with van der Waals surface area (Å²) in [5, 5.41) is 8.25. The highest BCUT2D eigenvalue weighted by atomic mass is 15.0. The van der Waals surface area contributed by atoms with Gasteiger partial charge in [-0.05, 0) is 69.8 Å². The minimum atomic E-state index is 0.731. The first-order valence-corrected chi connectivity index (χ1v) is 16.7. The van der Waals surface area contributed by atoms with E-state index >= 15 is 0 Å². The van der Waals surface area contributed by atoms with Crippen LogP contribution in [0.3, 0.4) is 0 Å². The lowest BCUT2D eigenvalue weighted by Crippen LogP contribution is -1.96. The molecule has 0 fully saturated rings. The summed E-state index contributed by atoms with van der Waals surface area (Å²) in [6.45, 7) is 0. The van der Waals surface area contributed by atoms with E-state index in [9.17, 15) is 0 Å². The number of hydrogen-bond acceptors (Lipinski definition) is 2. The summed E-state index contributed by atoms with van der Waals surface area (Å²) in [5.41, 5.74) is 9.98. The van der Waals surface area contributed by atoms with E-state index in [0.717, 1.165) is 50.0 Å². The van der Waals surface area contributed by atoms with Gasteiger partial charge in [0.2, 0.25) is 0 Å². The molecular weight excluding hydrogens is 595 g/mol. The summed E-state index contributed by atoms with van der Waals surface area (Å²) in [6, 6.07) is 62.6. The van der Waals surface area contributed by atoms with Crippen LogP contribution in [0, 0.1) is 0 Å². The molecule has 0 aliphatic rings. The molecule has 0 bridgehead atoms. The Balaban J connectivity index is 1.04. The molecule has 0 N–H and O–H groups in total. The van der Waals surface area contributed by atoms with E-state index in [2.05, 4.69) is 174 Å². The smallest absolute Gasteiger partial charge is 0.160 e. The normalized spacial score (nSPS) is 11.7. The van der Waals surface area contributed by atoms with Crippen molar-refractivity contribution in [3.8, 4) is 39.5 Å². The maximum atomic E-state index is 5.19. The van der Waals surface area contributed by atoms with Crippen molar-refractivity contribution in [2.24, 2.45) is 0 Å². The zero-order chi connectivity index (χ0) is 32.3. The van der Waals surface area contributed by atoms with Crippen molar-refractivity contribution in [2.45, 2.75) is 0 Å². The summed E-state index contributed by atoms with van der Waals surface area (Å²) in [5.74, 6) is 0.731. The third-order valence-electron chi connectivity index (χ3n) is 9.78. The summed E-state index contributed by atoms with van der Waals surface area (Å²) in [7, 11) is 0. The van der Waals surface area contributed by atoms with Crippen LogP contribution in [0.1, 0.15) is 0 Å². The van der Waals surface area contributed by atoms with Gasteiger partial charge in [0.25, 0.3) is 0 Å². The van der Waals surface area contributed by atoms with E-state index in [1.165, 1.54) is 43.7 Å². The Morgan fingerprint density at radius 2 is 0.918 bits per heavy atom. The van der Waals surface area contributed by atoms with Gasteiger partial charge in [0.05, 0.1) is 22.2 Å². The molecule has 0 aliphatic heterocycles. The Morgan fingerprint density at radius 3 is 1.65 bits per heavy atom. The minimum Gasteiger partial charge on any atom is -0.309 e. The zero-order valence-electron chi connectivity index (χ0n) is 26.6. The van der Waals surface area contributed by atoms with E-state index in [1.807, 2.05) is 6.07 Å². The van der Waals surface area contributed by atoms with Crippen molar-refractivity contribution in [3.63, 3.8) is 0 Å². The molecule has 0 radical (unpaired) electrons. The number of nitrogens with zero attached hydrogens (tertiary/aromatic N) is 3. The topological polar surface area (TPSA) is 30.7 Å². The lowest BCUT2D eigenvalue weighted by atomic mass is 9.99. The van der Waals surface area contributed by atoms with Gasteiger partial charge in [0.15, 0.2) is 5.82 Å². The third kappa shape index (κ3) is 4.51. The van der Waals surface area contributed by atoms with Crippen LogP contribution in [-0.2, 0) is 0 Å². The fourth-order valence-corrected chi connectivity index (χ4v) is 7.38. The van der Waals surface area contributed by atoms with E-state index < -0.39 is 0 Å². The summed E-state index contributed by atoms with van der Waals surface area (Å²) in [4.78, 5) is 10.4. The average Bonchev–Trinajstić information content (AvgIpc) is 3.52. The first kappa shape index (κ1) is 27.5. The van der Waals surface area contributed by atoms with E-state index in [1.54, 1.807) is 0 Å². The molecule has 49 heavy (non-hydrogen) atoms. The summed E-state index contributed by atoms with van der Waals surface area (Å²) in [6.07, 6.45) is 0. The molecule has 8 aromatic carbocycles. The molecule has 2 aromatic heterocycles. The number of fused-ring (bicyclic) bond motifs is 7. The fourth-order valence-electron chi connectivity index (χ4n) is 7.38. The van der Waals surface area contributed by atoms with Crippen LogP contribution in [0.25, 0.3) is 93.7 Å². The Labute approximate surface area is 283 Å². The molecule has 3 nitrogen and oxygen atoms in total. The predicted molar refractivity (Wildman–Crippen MR) is 205 cm³/mol. The number of aromatic nitrogens is 3. The lowest BCUT2D eigenvalue weighted by Gasteiger charge is -2.12. The minimum absolute atomic E-state index is 0.731. The van der Waals surface area contributed by atoms with Crippen molar-refractivity contribution < 1.29 is 0 Å². The molecule has 0 unspecified atom stereocenters. The second-order valence-electron chi connectivity index (χ2n) is 12.6. The van der Waals surface area contributed by atoms with Crippen molar-refractivity contribution in [2.75, 3.05) is 0 Å². The number of hydrogen-bond donors (Lipinski definition) is 0. The quantitative estimate of drug-likeness (QED) is 0.183. The third-order valence-corrected chi connectivity index (χ3v) is 9.78. The lowest BCUT2D eigenvalue weighted by molar-refractivity contribution is 1.18. The maximum Gasteiger partial charge on any atom is 0.160 e. The van der Waals surface area contributed by atoms with Gasteiger partial charge >= 0.3 is 0 Å². The number of rotatable bonds is 4. The average molecular weight is 624 g/mol. The summed E-state index contributed by atoms with van der Waals surface area (Å²) < 4.78 is 2.36. The van der Waals surface area contributed by atoms with Gasteiger partial charge in [-0.15, -0.1) is 0 Å². The van der Waals surface area contributed by atoms with Gasteiger partial charge in [-0.3, -0.25) is 0 Å². The van der Waals surface area contributed by atoms with E-state index in [4.69, 9.17) is 9.97 Å². The van der Waals surface area contributed by atoms with E-state index in [-0.39, 0.29) is 0 Å². The maximum absolute atomic E-state index is 5.19. The first-order chi connectivity index (χ1) is 24.3. The molecular formula is C46H29N3. The van der Waals surface area contributed by atoms with Crippen LogP contribution < -0.4 is 0 Å². The molecule has 10 rings (SSSR count). The van der Waals surface area contributed by atoms with Gasteiger partial charge in [0.1, 0.15) is 0 Å². The number of para-hydroxylation sites is 2. The first-order valence-electron chi connectivity index (χ1n) is 16.7. The molecule has 0 saturated carbocycles. The zero-order valence-corrected chi connectivity index (χ0v) is 26.6. The standard InChI is InChI=1S/C46H29N3/c1-2-11-32(12-3-1)44-41-27-24-31-10-4-5-13-38(31)45(41)48-46(47-44)36-21-20-34-28-33(18-19-35(34)29-36)30-22-25-37(26-23-30)49-42-16-8-6-14-39(42)40-15-7-9-17-43(40)49/h1-29H. The molecule has 0 amide bonds. The second kappa shape index (κ2) is 11.0. The van der Waals surface area contributed by atoms with E-state index in [0.29, 0.717) is 0 Å². The monoisotopic (exact) mass is 623 g/mol. The van der Waals surface area contributed by atoms with Crippen molar-refractivity contribution >= 4 is 54.3 Å². The molecule has 10 aromatic rings. The van der Waals surface area contributed by atoms with Gasteiger partial charge in [-0.25, -0.2) is 9.97 Å². The second-order valence-corrected chi connectivity index (χ2v) is 12.6. The van der Waals surface area contributed by atoms with Crippen LogP contribution in [-0.4, -0.2) is 14.5 Å². The van der Waals surface area contributed by atoms with Crippen LogP contribution in [0.5, 0.6) is 0 Å². The fraction of sp³-hybridized carbons (Fsp3) is 0. The Kier molecular flexibility index (Phi) is 6.18.